The number of carbonyl (C=O) groups is 2. The monoisotopic (exact) mass is 577 g/mol. The van der Waals surface area contributed by atoms with Crippen LogP contribution in [0.25, 0.3) is 16.5 Å². The lowest BCUT2D eigenvalue weighted by Gasteiger charge is -2.12. The Bertz CT molecular complexity index is 1620. The van der Waals surface area contributed by atoms with Gasteiger partial charge in [-0.25, -0.2) is 4.79 Å². The quantitative estimate of drug-likeness (QED) is 0.284. The van der Waals surface area contributed by atoms with Gasteiger partial charge in [-0.05, 0) is 48.9 Å². The van der Waals surface area contributed by atoms with E-state index in [1.807, 2.05) is 0 Å². The lowest BCUT2D eigenvalue weighted by atomic mass is 10.1. The van der Waals surface area contributed by atoms with Crippen LogP contribution in [0.15, 0.2) is 52.6 Å². The summed E-state index contributed by atoms with van der Waals surface area (Å²) in [5, 5.41) is 8.62. The number of halogens is 3. The number of aromatic nitrogens is 2. The van der Waals surface area contributed by atoms with Crippen LogP contribution < -0.4 is 25.1 Å². The maximum atomic E-state index is 13.5. The number of esters is 1. The highest BCUT2D eigenvalue weighted by atomic mass is 32.1. The lowest BCUT2D eigenvalue weighted by Crippen LogP contribution is -2.26. The molecule has 210 valence electrons. The Morgan fingerprint density at radius 3 is 2.38 bits per heavy atom. The number of hydrogen-bond donors (Lipinski definition) is 1. The van der Waals surface area contributed by atoms with Crippen LogP contribution >= 0.6 is 11.3 Å². The number of hydrogen-bond acceptors (Lipinski definition) is 9. The fourth-order valence-electron chi connectivity index (χ4n) is 3.80. The smallest absolute Gasteiger partial charge is 0.493 e. The number of carbonyl (C=O) groups excluding carboxylic acids is 2. The second kappa shape index (κ2) is 11.7. The Balaban J connectivity index is 1.72. The third-order valence-corrected chi connectivity index (χ3v) is 6.40. The van der Waals surface area contributed by atoms with Crippen LogP contribution in [0, 0.1) is 0 Å². The van der Waals surface area contributed by atoms with Gasteiger partial charge in [-0.15, -0.1) is 24.5 Å². The average Bonchev–Trinajstić information content (AvgIpc) is 3.32. The Hall–Kier alpha value is -4.59. The van der Waals surface area contributed by atoms with E-state index in [2.05, 4.69) is 15.2 Å². The molecule has 2 heterocycles. The molecule has 0 unspecified atom stereocenters. The molecule has 1 amide bonds. The van der Waals surface area contributed by atoms with Crippen LogP contribution in [0.3, 0.4) is 0 Å². The van der Waals surface area contributed by atoms with Crippen molar-refractivity contribution in [1.29, 1.82) is 0 Å². The second-order valence-corrected chi connectivity index (χ2v) is 8.98. The molecule has 0 fully saturated rings. The molecule has 0 radical (unpaired) electrons. The molecule has 40 heavy (non-hydrogen) atoms. The normalized spacial score (nSPS) is 11.2. The number of ether oxygens (including phenoxy) is 4. The highest BCUT2D eigenvalue weighted by Gasteiger charge is 2.31. The number of nitrogens with one attached hydrogen (secondary N) is 1. The van der Waals surface area contributed by atoms with Crippen LogP contribution in [0.2, 0.25) is 0 Å². The van der Waals surface area contributed by atoms with Crippen LogP contribution in [-0.4, -0.2) is 48.8 Å². The molecule has 4 rings (SSSR count). The summed E-state index contributed by atoms with van der Waals surface area (Å²) in [5.74, 6) is -0.846. The van der Waals surface area contributed by atoms with E-state index in [1.165, 1.54) is 31.7 Å². The summed E-state index contributed by atoms with van der Waals surface area (Å²) in [6, 6.07) is 9.36. The van der Waals surface area contributed by atoms with Crippen LogP contribution in [0.4, 0.5) is 18.2 Å². The molecule has 10 nitrogen and oxygen atoms in total. The van der Waals surface area contributed by atoms with Crippen LogP contribution in [-0.2, 0) is 16.0 Å². The average molecular weight is 578 g/mol. The van der Waals surface area contributed by atoms with E-state index in [9.17, 15) is 27.6 Å². The minimum atomic E-state index is -4.90. The van der Waals surface area contributed by atoms with E-state index in [0.717, 1.165) is 28.2 Å². The molecule has 0 aliphatic rings. The van der Waals surface area contributed by atoms with Gasteiger partial charge in [0.15, 0.2) is 17.2 Å². The molecule has 0 spiro atoms. The van der Waals surface area contributed by atoms with Gasteiger partial charge in [-0.2, -0.15) is 9.78 Å². The van der Waals surface area contributed by atoms with Gasteiger partial charge in [-0.3, -0.25) is 9.59 Å². The summed E-state index contributed by atoms with van der Waals surface area (Å²) in [6.07, 6.45) is -4.96. The van der Waals surface area contributed by atoms with Crippen LogP contribution in [0.1, 0.15) is 23.0 Å². The SMILES string of the molecule is CCOC(=O)c1nn(-c2ccc(OC(F)(F)F)cc2)c(=O)c2c(NC(=O)Cc3ccc(OC)c(OC)c3)scc12. The molecule has 2 aromatic heterocycles. The Labute approximate surface area is 228 Å². The highest BCUT2D eigenvalue weighted by molar-refractivity contribution is 7.16. The van der Waals surface area contributed by atoms with E-state index >= 15 is 0 Å². The van der Waals surface area contributed by atoms with Crippen molar-refractivity contribution < 1.29 is 41.7 Å². The van der Waals surface area contributed by atoms with Crippen molar-refractivity contribution in [3.8, 4) is 22.9 Å². The van der Waals surface area contributed by atoms with E-state index < -0.39 is 29.5 Å². The summed E-state index contributed by atoms with van der Waals surface area (Å²) >= 11 is 1.01. The highest BCUT2D eigenvalue weighted by Crippen LogP contribution is 2.32. The van der Waals surface area contributed by atoms with E-state index in [1.54, 1.807) is 25.1 Å². The minimum Gasteiger partial charge on any atom is -0.493 e. The Morgan fingerprint density at radius 2 is 1.75 bits per heavy atom. The van der Waals surface area contributed by atoms with Crippen molar-refractivity contribution in [3.05, 3.63) is 69.5 Å². The molecule has 1 N–H and O–H groups in total. The number of benzene rings is 2. The maximum absolute atomic E-state index is 13.5. The summed E-state index contributed by atoms with van der Waals surface area (Å²) in [4.78, 5) is 39.1. The molecular formula is C26H22F3N3O7S. The number of rotatable bonds is 9. The van der Waals surface area contributed by atoms with Crippen molar-refractivity contribution in [2.45, 2.75) is 19.7 Å². The van der Waals surface area contributed by atoms with Gasteiger partial charge in [0.1, 0.15) is 10.8 Å². The molecule has 0 saturated heterocycles. The van der Waals surface area contributed by atoms with Gasteiger partial charge in [0.2, 0.25) is 5.91 Å². The molecule has 0 bridgehead atoms. The summed E-state index contributed by atoms with van der Waals surface area (Å²) in [5.41, 5.74) is -0.247. The van der Waals surface area contributed by atoms with E-state index in [4.69, 9.17) is 14.2 Å². The molecule has 0 atom stereocenters. The predicted octanol–water partition coefficient (Wildman–Crippen LogP) is 4.72. The fraction of sp³-hybridized carbons (Fsp3) is 0.231. The molecule has 0 aliphatic heterocycles. The zero-order valence-electron chi connectivity index (χ0n) is 21.3. The number of amides is 1. The first-order valence-corrected chi connectivity index (χ1v) is 12.5. The molecule has 0 saturated carbocycles. The van der Waals surface area contributed by atoms with Crippen LogP contribution in [0.5, 0.6) is 17.2 Å². The lowest BCUT2D eigenvalue weighted by molar-refractivity contribution is -0.274. The van der Waals surface area contributed by atoms with Gasteiger partial charge in [0.25, 0.3) is 5.56 Å². The zero-order chi connectivity index (χ0) is 29.0. The van der Waals surface area contributed by atoms with Crippen molar-refractivity contribution in [2.75, 3.05) is 26.1 Å². The number of nitrogens with zero attached hydrogens (tertiary/aromatic N) is 2. The fourth-order valence-corrected chi connectivity index (χ4v) is 4.76. The van der Waals surface area contributed by atoms with Gasteiger partial charge in [-0.1, -0.05) is 6.07 Å². The number of methoxy groups -OCH3 is 2. The first-order valence-electron chi connectivity index (χ1n) is 11.6. The number of fused-ring (bicyclic) bond motifs is 1. The predicted molar refractivity (Wildman–Crippen MR) is 140 cm³/mol. The Kier molecular flexibility index (Phi) is 8.28. The first kappa shape index (κ1) is 28.4. The third-order valence-electron chi connectivity index (χ3n) is 5.50. The molecule has 0 aliphatic carbocycles. The Morgan fingerprint density at radius 1 is 1.05 bits per heavy atom. The molecule has 14 heteroatoms. The molecule has 2 aromatic carbocycles. The standard InChI is InChI=1S/C26H22F3N3O7S/c1-4-38-25(35)22-17-13-40-23(30-20(33)12-14-5-10-18(36-2)19(11-14)37-3)21(17)24(34)32(31-22)15-6-8-16(9-7-15)39-26(27,28)29/h5-11,13H,4,12H2,1-3H3,(H,30,33). The molecular weight excluding hydrogens is 555 g/mol. The van der Waals surface area contributed by atoms with Crippen molar-refractivity contribution in [2.24, 2.45) is 0 Å². The largest absolute Gasteiger partial charge is 0.573 e. The number of thiophene rings is 1. The van der Waals surface area contributed by atoms with Gasteiger partial charge in [0, 0.05) is 10.8 Å². The maximum Gasteiger partial charge on any atom is 0.573 e. The van der Waals surface area contributed by atoms with Crippen molar-refractivity contribution in [3.63, 3.8) is 0 Å². The van der Waals surface area contributed by atoms with Gasteiger partial charge >= 0.3 is 12.3 Å². The first-order chi connectivity index (χ1) is 19.0. The molecule has 4 aromatic rings. The van der Waals surface area contributed by atoms with Gasteiger partial charge < -0.3 is 24.3 Å². The number of alkyl halides is 3. The number of anilines is 1. The van der Waals surface area contributed by atoms with E-state index in [-0.39, 0.29) is 40.2 Å². The summed E-state index contributed by atoms with van der Waals surface area (Å²) in [7, 11) is 2.96. The summed E-state index contributed by atoms with van der Waals surface area (Å²) < 4.78 is 57.9. The third kappa shape index (κ3) is 6.17. The van der Waals surface area contributed by atoms with E-state index in [0.29, 0.717) is 17.1 Å². The summed E-state index contributed by atoms with van der Waals surface area (Å²) in [6.45, 7) is 1.63. The second-order valence-electron chi connectivity index (χ2n) is 8.10. The zero-order valence-corrected chi connectivity index (χ0v) is 22.1. The van der Waals surface area contributed by atoms with Crippen molar-refractivity contribution in [1.82, 2.24) is 9.78 Å². The van der Waals surface area contributed by atoms with Crippen molar-refractivity contribution >= 4 is 39.0 Å². The van der Waals surface area contributed by atoms with Gasteiger partial charge in [0.05, 0.1) is 38.3 Å². The topological polar surface area (TPSA) is 118 Å². The minimum absolute atomic E-state index is 0.0145.